The molecule has 28 heavy (non-hydrogen) atoms. The predicted octanol–water partition coefficient (Wildman–Crippen LogP) is 0.371. The summed E-state index contributed by atoms with van der Waals surface area (Å²) in [7, 11) is 2.97. The van der Waals surface area contributed by atoms with Crippen molar-refractivity contribution in [1.29, 1.82) is 0 Å². The zero-order chi connectivity index (χ0) is 20.4. The van der Waals surface area contributed by atoms with Crippen molar-refractivity contribution in [3.8, 4) is 11.5 Å². The summed E-state index contributed by atoms with van der Waals surface area (Å²) in [5.41, 5.74) is 5.42. The Balaban J connectivity index is 2.29. The lowest BCUT2D eigenvalue weighted by atomic mass is 9.83. The first kappa shape index (κ1) is 19.1. The van der Waals surface area contributed by atoms with E-state index in [1.54, 1.807) is 25.1 Å². The van der Waals surface area contributed by atoms with Crippen LogP contribution in [-0.4, -0.2) is 36.8 Å². The largest absolute Gasteiger partial charge is 0.493 e. The number of fused-ring (bicyclic) bond motifs is 1. The highest BCUT2D eigenvalue weighted by Crippen LogP contribution is 2.41. The van der Waals surface area contributed by atoms with Crippen LogP contribution in [0.1, 0.15) is 24.0 Å². The van der Waals surface area contributed by atoms with Gasteiger partial charge in [-0.2, -0.15) is 0 Å². The Bertz CT molecular complexity index is 1070. The predicted molar refractivity (Wildman–Crippen MR) is 101 cm³/mol. The normalized spacial score (nSPS) is 15.5. The summed E-state index contributed by atoms with van der Waals surface area (Å²) in [5.74, 6) is -0.599. The second-order valence-corrected chi connectivity index (χ2v) is 5.92. The molecule has 148 valence electrons. The maximum absolute atomic E-state index is 12.6. The average molecular weight is 388 g/mol. The van der Waals surface area contributed by atoms with Crippen LogP contribution in [0.3, 0.4) is 0 Å². The molecule has 3 rings (SSSR count). The summed E-state index contributed by atoms with van der Waals surface area (Å²) >= 11 is 0. The molecule has 0 aliphatic carbocycles. The van der Waals surface area contributed by atoms with E-state index in [1.807, 2.05) is 0 Å². The van der Waals surface area contributed by atoms with Crippen LogP contribution in [0.2, 0.25) is 0 Å². The molecule has 1 atom stereocenters. The number of aromatic nitrogens is 2. The van der Waals surface area contributed by atoms with E-state index in [4.69, 9.17) is 19.9 Å². The Morgan fingerprint density at radius 3 is 2.50 bits per heavy atom. The Labute approximate surface area is 159 Å². The Hall–Kier alpha value is -3.69. The molecule has 1 aliphatic rings. The molecule has 2 heterocycles. The maximum atomic E-state index is 12.6. The Morgan fingerprint density at radius 1 is 1.14 bits per heavy atom. The first-order valence-corrected chi connectivity index (χ1v) is 8.43. The molecule has 1 aliphatic heterocycles. The van der Waals surface area contributed by atoms with E-state index >= 15 is 0 Å². The van der Waals surface area contributed by atoms with Gasteiger partial charge in [-0.1, -0.05) is 6.07 Å². The topological polar surface area (TPSA) is 149 Å². The maximum Gasteiger partial charge on any atom is 0.338 e. The van der Waals surface area contributed by atoms with Gasteiger partial charge in [-0.05, 0) is 24.6 Å². The number of ether oxygens (including phenoxy) is 3. The molecule has 1 aromatic heterocycles. The molecular formula is C18H20N4O6. The fraction of sp³-hybridized carbons (Fsp3) is 0.278. The minimum Gasteiger partial charge on any atom is -0.493 e. The molecule has 0 saturated carbocycles. The molecule has 10 nitrogen and oxygen atoms in total. The van der Waals surface area contributed by atoms with Crippen molar-refractivity contribution in [3.05, 3.63) is 61.6 Å². The molecule has 0 radical (unpaired) electrons. The van der Waals surface area contributed by atoms with Crippen LogP contribution in [0.25, 0.3) is 0 Å². The second kappa shape index (κ2) is 7.51. The Kier molecular flexibility index (Phi) is 5.12. The number of hydrogen-bond donors (Lipinski definition) is 4. The number of esters is 1. The van der Waals surface area contributed by atoms with Gasteiger partial charge < -0.3 is 25.3 Å². The third-order valence-corrected chi connectivity index (χ3v) is 4.34. The number of rotatable bonds is 5. The summed E-state index contributed by atoms with van der Waals surface area (Å²) in [5, 5.41) is 2.71. The van der Waals surface area contributed by atoms with E-state index < -0.39 is 23.1 Å². The number of nitrogens with two attached hydrogens (primary N) is 1. The van der Waals surface area contributed by atoms with E-state index in [2.05, 4.69) is 15.3 Å². The van der Waals surface area contributed by atoms with Gasteiger partial charge in [0, 0.05) is 0 Å². The molecule has 0 saturated heterocycles. The van der Waals surface area contributed by atoms with Crippen molar-refractivity contribution >= 4 is 11.8 Å². The fourth-order valence-electron chi connectivity index (χ4n) is 3.17. The van der Waals surface area contributed by atoms with Gasteiger partial charge in [-0.3, -0.25) is 14.8 Å². The van der Waals surface area contributed by atoms with Crippen LogP contribution in [-0.2, 0) is 9.53 Å². The van der Waals surface area contributed by atoms with Crippen molar-refractivity contribution in [2.45, 2.75) is 12.8 Å². The molecule has 0 spiro atoms. The molecule has 0 amide bonds. The van der Waals surface area contributed by atoms with Gasteiger partial charge in [-0.15, -0.1) is 0 Å². The second-order valence-electron chi connectivity index (χ2n) is 5.92. The van der Waals surface area contributed by atoms with Crippen LogP contribution in [0, 0.1) is 0 Å². The molecule has 2 aromatic rings. The third kappa shape index (κ3) is 3.20. The van der Waals surface area contributed by atoms with Gasteiger partial charge in [0.05, 0.1) is 37.9 Å². The quantitative estimate of drug-likeness (QED) is 0.537. The van der Waals surface area contributed by atoms with E-state index in [0.717, 1.165) is 0 Å². The number of anilines is 1. The van der Waals surface area contributed by atoms with Gasteiger partial charge in [0.15, 0.2) is 11.5 Å². The summed E-state index contributed by atoms with van der Waals surface area (Å²) < 4.78 is 15.7. The number of nitrogens with one attached hydrogen (secondary N) is 3. The first-order valence-electron chi connectivity index (χ1n) is 8.43. The third-order valence-electron chi connectivity index (χ3n) is 4.34. The van der Waals surface area contributed by atoms with Crippen LogP contribution in [0.15, 0.2) is 39.2 Å². The van der Waals surface area contributed by atoms with E-state index in [-0.39, 0.29) is 29.4 Å². The number of aromatic amines is 2. The van der Waals surface area contributed by atoms with Crippen molar-refractivity contribution in [3.63, 3.8) is 0 Å². The number of carbonyl (C=O) groups is 1. The summed E-state index contributed by atoms with van der Waals surface area (Å²) in [6.07, 6.45) is 0. The van der Waals surface area contributed by atoms with Crippen LogP contribution < -0.4 is 31.8 Å². The standard InChI is InChI=1S/C18H20N4O6/c1-4-28-17(24)12-11(8-5-6-9(26-2)10(7-8)27-3)13-15(20-14(12)19)21-18(25)22-16(13)23/h5-7,11H,4,19H2,1-3H3,(H3,20,21,22,23,25). The minimum atomic E-state index is -0.893. The molecule has 1 aromatic carbocycles. The first-order chi connectivity index (χ1) is 13.4. The van der Waals surface area contributed by atoms with Gasteiger partial charge in [0.25, 0.3) is 5.56 Å². The summed E-state index contributed by atoms with van der Waals surface area (Å²) in [6, 6.07) is 4.96. The van der Waals surface area contributed by atoms with Gasteiger partial charge in [0.1, 0.15) is 11.6 Å². The zero-order valence-electron chi connectivity index (χ0n) is 15.5. The van der Waals surface area contributed by atoms with Gasteiger partial charge in [0.2, 0.25) is 0 Å². The molecule has 10 heteroatoms. The smallest absolute Gasteiger partial charge is 0.338 e. The lowest BCUT2D eigenvalue weighted by Gasteiger charge is -2.28. The molecule has 0 fully saturated rings. The fourth-order valence-corrected chi connectivity index (χ4v) is 3.17. The minimum absolute atomic E-state index is 0.0213. The zero-order valence-corrected chi connectivity index (χ0v) is 15.5. The number of H-pyrrole nitrogens is 2. The highest BCUT2D eigenvalue weighted by molar-refractivity contribution is 5.94. The number of methoxy groups -OCH3 is 2. The van der Waals surface area contributed by atoms with E-state index in [9.17, 15) is 14.4 Å². The lowest BCUT2D eigenvalue weighted by molar-refractivity contribution is -0.138. The highest BCUT2D eigenvalue weighted by atomic mass is 16.5. The van der Waals surface area contributed by atoms with Crippen molar-refractivity contribution in [2.75, 3.05) is 26.1 Å². The molecular weight excluding hydrogens is 368 g/mol. The molecule has 0 bridgehead atoms. The van der Waals surface area contributed by atoms with Crippen LogP contribution >= 0.6 is 0 Å². The van der Waals surface area contributed by atoms with Crippen molar-refractivity contribution in [2.24, 2.45) is 5.73 Å². The van der Waals surface area contributed by atoms with Gasteiger partial charge in [-0.25, -0.2) is 9.59 Å². The van der Waals surface area contributed by atoms with Crippen LogP contribution in [0.5, 0.6) is 11.5 Å². The highest BCUT2D eigenvalue weighted by Gasteiger charge is 2.37. The number of benzene rings is 1. The van der Waals surface area contributed by atoms with E-state index in [1.165, 1.54) is 14.2 Å². The average Bonchev–Trinajstić information content (AvgIpc) is 2.66. The SMILES string of the molecule is CCOC(=O)C1=C(N)Nc2[nH]c(=O)[nH]c(=O)c2C1c1ccc(OC)c(OC)c1. The Morgan fingerprint density at radius 2 is 1.86 bits per heavy atom. The summed E-state index contributed by atoms with van der Waals surface area (Å²) in [4.78, 5) is 41.6. The van der Waals surface area contributed by atoms with Crippen LogP contribution in [0.4, 0.5) is 5.82 Å². The lowest BCUT2D eigenvalue weighted by Crippen LogP contribution is -2.37. The monoisotopic (exact) mass is 388 g/mol. The molecule has 1 unspecified atom stereocenters. The summed E-state index contributed by atoms with van der Waals surface area (Å²) in [6.45, 7) is 1.79. The number of carbonyl (C=O) groups excluding carboxylic acids is 1. The van der Waals surface area contributed by atoms with Crippen molar-refractivity contribution < 1.29 is 19.0 Å². The number of hydrogen-bond acceptors (Lipinski definition) is 8. The van der Waals surface area contributed by atoms with E-state index in [0.29, 0.717) is 17.1 Å². The van der Waals surface area contributed by atoms with Crippen molar-refractivity contribution in [1.82, 2.24) is 9.97 Å². The molecule has 5 N–H and O–H groups in total. The van der Waals surface area contributed by atoms with Gasteiger partial charge >= 0.3 is 11.7 Å².